The average Bonchev–Trinajstić information content (AvgIpc) is 2.62. The zero-order chi connectivity index (χ0) is 18.2. The van der Waals surface area contributed by atoms with Gasteiger partial charge in [0.05, 0.1) is 27.4 Å². The van der Waals surface area contributed by atoms with Crippen molar-refractivity contribution in [2.45, 2.75) is 0 Å². The van der Waals surface area contributed by atoms with Crippen LogP contribution in [0.1, 0.15) is 5.56 Å². The number of benzene rings is 2. The van der Waals surface area contributed by atoms with Crippen molar-refractivity contribution in [3.05, 3.63) is 74.3 Å². The summed E-state index contributed by atoms with van der Waals surface area (Å²) in [5, 5.41) is 36.7. The molecule has 2 aromatic rings. The molecule has 0 aromatic heterocycles. The van der Waals surface area contributed by atoms with E-state index in [-0.39, 0.29) is 17.1 Å². The number of nitrogens with zero attached hydrogens (tertiary/aromatic N) is 4. The topological polar surface area (TPSA) is 134 Å². The van der Waals surface area contributed by atoms with Crippen LogP contribution in [0.5, 0.6) is 0 Å². The first kappa shape index (κ1) is 17.9. The third-order valence-electron chi connectivity index (χ3n) is 3.08. The van der Waals surface area contributed by atoms with Gasteiger partial charge in [-0.25, -0.2) is 0 Å². The summed E-state index contributed by atoms with van der Waals surface area (Å²) in [4.78, 5) is 20.5. The van der Waals surface area contributed by atoms with Crippen molar-refractivity contribution in [1.29, 1.82) is 5.26 Å². The van der Waals surface area contributed by atoms with Gasteiger partial charge in [-0.15, -0.1) is 0 Å². The van der Waals surface area contributed by atoms with Crippen LogP contribution in [0.15, 0.2) is 53.6 Å². The molecule has 0 aliphatic rings. The lowest BCUT2D eigenvalue weighted by Crippen LogP contribution is -2.08. The first-order valence-corrected chi connectivity index (χ1v) is 7.83. The number of hydrogen-bond donors (Lipinski definition) is 1. The zero-order valence-corrected chi connectivity index (χ0v) is 13.5. The van der Waals surface area contributed by atoms with Crippen molar-refractivity contribution < 1.29 is 9.85 Å². The van der Waals surface area contributed by atoms with Crippen molar-refractivity contribution in [3.63, 3.8) is 0 Å². The summed E-state index contributed by atoms with van der Waals surface area (Å²) < 4.78 is 0. The summed E-state index contributed by atoms with van der Waals surface area (Å²) in [5.41, 5.74) is 3.01. The van der Waals surface area contributed by atoms with E-state index in [4.69, 9.17) is 5.26 Å². The summed E-state index contributed by atoms with van der Waals surface area (Å²) >= 11 is 0.975. The van der Waals surface area contributed by atoms with E-state index < -0.39 is 15.5 Å². The molecule has 0 aliphatic heterocycles. The molecule has 126 valence electrons. The largest absolute Gasteiger partial charge is 0.301 e. The molecule has 0 atom stereocenters. The quantitative estimate of drug-likeness (QED) is 0.346. The lowest BCUT2D eigenvalue weighted by Gasteiger charge is -2.07. The molecule has 0 bridgehead atoms. The second-order valence-electron chi connectivity index (χ2n) is 4.63. The highest BCUT2D eigenvalue weighted by Crippen LogP contribution is 2.29. The Bertz CT molecular complexity index is 864. The van der Waals surface area contributed by atoms with Gasteiger partial charge in [0.15, 0.2) is 0 Å². The van der Waals surface area contributed by atoms with E-state index in [1.54, 1.807) is 24.3 Å². The first-order valence-electron chi connectivity index (χ1n) is 6.84. The van der Waals surface area contributed by atoms with Gasteiger partial charge in [-0.3, -0.25) is 25.7 Å². The number of nitrogens with one attached hydrogen (secondary N) is 1. The summed E-state index contributed by atoms with van der Waals surface area (Å²) in [6.07, 6.45) is 0. The fourth-order valence-corrected chi connectivity index (χ4v) is 2.35. The van der Waals surface area contributed by atoms with E-state index in [1.165, 1.54) is 6.07 Å². The Kier molecular flexibility index (Phi) is 6.02. The van der Waals surface area contributed by atoms with Crippen molar-refractivity contribution >= 4 is 34.5 Å². The highest BCUT2D eigenvalue weighted by Gasteiger charge is 2.19. The Morgan fingerprint density at radius 3 is 2.48 bits per heavy atom. The van der Waals surface area contributed by atoms with Crippen molar-refractivity contribution in [2.24, 2.45) is 5.10 Å². The number of hydrazone groups is 1. The van der Waals surface area contributed by atoms with Gasteiger partial charge in [0.25, 0.3) is 5.69 Å². The van der Waals surface area contributed by atoms with Gasteiger partial charge in [-0.2, -0.15) is 10.4 Å². The third-order valence-corrected chi connectivity index (χ3v) is 3.63. The molecule has 0 spiro atoms. The summed E-state index contributed by atoms with van der Waals surface area (Å²) in [6, 6.07) is 12.3. The van der Waals surface area contributed by atoms with Crippen LogP contribution in [0.3, 0.4) is 0 Å². The van der Waals surface area contributed by atoms with Crippen LogP contribution in [-0.2, 0) is 0 Å². The number of hydrogen-bond acceptors (Lipinski definition) is 8. The number of nitriles is 1. The molecular weight excluding hydrogens is 346 g/mol. The highest BCUT2D eigenvalue weighted by molar-refractivity contribution is 8.04. The molecule has 0 unspecified atom stereocenters. The van der Waals surface area contributed by atoms with Crippen LogP contribution in [-0.4, -0.2) is 21.3 Å². The molecule has 0 amide bonds. The van der Waals surface area contributed by atoms with E-state index in [2.05, 4.69) is 10.5 Å². The number of non-ortho nitro benzene ring substituents is 1. The Morgan fingerprint density at radius 1 is 1.16 bits per heavy atom. The molecule has 1 N–H and O–H groups in total. The number of anilines is 1. The zero-order valence-electron chi connectivity index (χ0n) is 12.7. The van der Waals surface area contributed by atoms with Crippen LogP contribution in [0.25, 0.3) is 0 Å². The molecular formula is C15H11N5O4S. The average molecular weight is 357 g/mol. The van der Waals surface area contributed by atoms with Gasteiger partial charge >= 0.3 is 5.69 Å². The standard InChI is InChI=1S/C15H11N5O4S/c16-10-25-9-14(11-4-2-1-3-5-11)18-17-13-7-6-12(19(21)22)8-15(13)20(23)24/h1-8,17H,9H2/b18-14+. The van der Waals surface area contributed by atoms with Gasteiger partial charge in [0, 0.05) is 6.07 Å². The molecule has 0 aliphatic carbocycles. The minimum atomic E-state index is -0.725. The van der Waals surface area contributed by atoms with Gasteiger partial charge in [0.1, 0.15) is 11.1 Å². The Balaban J connectivity index is 2.35. The fraction of sp³-hybridized carbons (Fsp3) is 0.0667. The van der Waals surface area contributed by atoms with Crippen LogP contribution < -0.4 is 5.43 Å². The number of nitro benzene ring substituents is 2. The van der Waals surface area contributed by atoms with E-state index in [0.29, 0.717) is 5.71 Å². The monoisotopic (exact) mass is 357 g/mol. The lowest BCUT2D eigenvalue weighted by atomic mass is 10.1. The maximum Gasteiger partial charge on any atom is 0.301 e. The molecule has 25 heavy (non-hydrogen) atoms. The second kappa shape index (κ2) is 8.42. The SMILES string of the molecule is N#CSC/C(=N\Nc1ccc([N+](=O)[O-])cc1[N+](=O)[O-])c1ccccc1. The van der Waals surface area contributed by atoms with Crippen molar-refractivity contribution in [3.8, 4) is 5.40 Å². The summed E-state index contributed by atoms with van der Waals surface area (Å²) in [6.45, 7) is 0. The Labute approximate surface area is 146 Å². The molecule has 0 saturated carbocycles. The van der Waals surface area contributed by atoms with E-state index in [9.17, 15) is 20.2 Å². The van der Waals surface area contributed by atoms with Crippen LogP contribution >= 0.6 is 11.8 Å². The van der Waals surface area contributed by atoms with Crippen molar-refractivity contribution in [2.75, 3.05) is 11.2 Å². The smallest absolute Gasteiger partial charge is 0.271 e. The highest BCUT2D eigenvalue weighted by atomic mass is 32.2. The summed E-state index contributed by atoms with van der Waals surface area (Å²) in [5.74, 6) is 0.272. The van der Waals surface area contributed by atoms with E-state index in [0.717, 1.165) is 29.5 Å². The van der Waals surface area contributed by atoms with Crippen molar-refractivity contribution in [1.82, 2.24) is 0 Å². The molecule has 0 saturated heterocycles. The third kappa shape index (κ3) is 4.76. The van der Waals surface area contributed by atoms with E-state index in [1.807, 2.05) is 11.5 Å². The molecule has 0 fully saturated rings. The second-order valence-corrected chi connectivity index (χ2v) is 5.39. The predicted molar refractivity (Wildman–Crippen MR) is 94.4 cm³/mol. The minimum Gasteiger partial charge on any atom is -0.271 e. The fourth-order valence-electron chi connectivity index (χ4n) is 1.92. The molecule has 2 rings (SSSR count). The Morgan fingerprint density at radius 2 is 1.88 bits per heavy atom. The van der Waals surface area contributed by atoms with Crippen LogP contribution in [0.4, 0.5) is 17.1 Å². The first-order chi connectivity index (χ1) is 12.0. The van der Waals surface area contributed by atoms with Crippen LogP contribution in [0, 0.1) is 30.9 Å². The van der Waals surface area contributed by atoms with Gasteiger partial charge in [-0.1, -0.05) is 30.3 Å². The minimum absolute atomic E-state index is 0.0194. The normalized spacial score (nSPS) is 10.8. The molecule has 9 nitrogen and oxygen atoms in total. The van der Waals surface area contributed by atoms with E-state index >= 15 is 0 Å². The van der Waals surface area contributed by atoms with Crippen LogP contribution in [0.2, 0.25) is 0 Å². The van der Waals surface area contributed by atoms with Gasteiger partial charge < -0.3 is 0 Å². The Hall–Kier alpha value is -3.45. The predicted octanol–water partition coefficient (Wildman–Crippen LogP) is 3.53. The molecule has 10 heteroatoms. The number of rotatable bonds is 7. The maximum absolute atomic E-state index is 11.1. The molecule has 0 radical (unpaired) electrons. The lowest BCUT2D eigenvalue weighted by molar-refractivity contribution is -0.393. The van der Waals surface area contributed by atoms with Gasteiger partial charge in [0.2, 0.25) is 0 Å². The number of thiocyanates is 1. The van der Waals surface area contributed by atoms with Gasteiger partial charge in [-0.05, 0) is 23.4 Å². The summed E-state index contributed by atoms with van der Waals surface area (Å²) in [7, 11) is 0. The number of thioether (sulfide) groups is 1. The molecule has 2 aromatic carbocycles. The maximum atomic E-state index is 11.1. The molecule has 0 heterocycles. The number of nitro groups is 2.